The number of carbonyl (C=O) groups excluding carboxylic acids is 4. The van der Waals surface area contributed by atoms with Crippen molar-refractivity contribution in [3.05, 3.63) is 33.8 Å². The highest BCUT2D eigenvalue weighted by Gasteiger charge is 2.50. The highest BCUT2D eigenvalue weighted by atomic mass is 35.5. The van der Waals surface area contributed by atoms with Gasteiger partial charge in [-0.1, -0.05) is 48.3 Å². The van der Waals surface area contributed by atoms with Crippen LogP contribution in [0.2, 0.25) is 10.0 Å². The summed E-state index contributed by atoms with van der Waals surface area (Å²) in [6.45, 7) is 2.26. The first-order chi connectivity index (χ1) is 19.7. The molecule has 0 radical (unpaired) electrons. The average molecular weight is 632 g/mol. The number of oxime groups is 1. The van der Waals surface area contributed by atoms with Crippen LogP contribution in [0.4, 0.5) is 0 Å². The Balaban J connectivity index is 2.16. The third-order valence-corrected chi connectivity index (χ3v) is 6.72. The molecule has 1 aliphatic rings. The number of benzene rings is 1. The zero-order chi connectivity index (χ0) is 31.6. The number of amides is 2. The molecule has 0 aromatic heterocycles. The standard InChI is InChI=1S/C26H31Cl2N3O11/c1-13(2)23(30-19(33)7-8-20(34)35)17-10-26(12-40-3,42-31-17)25(39)29-16(9-21(36)37)18(32)11-41-24(38)22-14(27)5-4-6-15(22)28/h4-6,13,16,23H,7-12H2,1-3H3,(H,29,39)(H,30,33)(H,34,35)(H,36,37)/t16-,23-,26?/m0/s1. The average Bonchev–Trinajstić information content (AvgIpc) is 3.33. The van der Waals surface area contributed by atoms with Gasteiger partial charge in [0, 0.05) is 20.0 Å². The van der Waals surface area contributed by atoms with Crippen molar-refractivity contribution >= 4 is 64.4 Å². The molecule has 2 amide bonds. The summed E-state index contributed by atoms with van der Waals surface area (Å²) in [5.74, 6) is -6.28. The molecule has 1 aromatic carbocycles. The molecule has 1 aromatic rings. The Bertz CT molecular complexity index is 1230. The first kappa shape index (κ1) is 34.5. The molecule has 0 spiro atoms. The van der Waals surface area contributed by atoms with Crippen molar-refractivity contribution in [3.8, 4) is 0 Å². The molecule has 1 heterocycles. The molecule has 42 heavy (non-hydrogen) atoms. The number of esters is 1. The van der Waals surface area contributed by atoms with Gasteiger partial charge >= 0.3 is 17.9 Å². The Hall–Kier alpha value is -3.75. The number of aliphatic carboxylic acids is 2. The molecule has 16 heteroatoms. The van der Waals surface area contributed by atoms with E-state index in [1.54, 1.807) is 13.8 Å². The summed E-state index contributed by atoms with van der Waals surface area (Å²) in [6.07, 6.45) is -1.71. The SMILES string of the molecule is COCC1(C(=O)N[C@@H](CC(=O)O)C(=O)COC(=O)c2c(Cl)cccc2Cl)CC([C@@H](NC(=O)CCC(=O)O)C(C)C)=NO1. The number of carboxylic acid groups (broad SMARTS) is 2. The van der Waals surface area contributed by atoms with Gasteiger partial charge in [0.1, 0.15) is 6.04 Å². The molecule has 230 valence electrons. The Kier molecular flexibility index (Phi) is 12.7. The predicted octanol–water partition coefficient (Wildman–Crippen LogP) is 1.85. The van der Waals surface area contributed by atoms with Gasteiger partial charge in [0.05, 0.1) is 46.8 Å². The van der Waals surface area contributed by atoms with Crippen LogP contribution in [0.25, 0.3) is 0 Å². The highest BCUT2D eigenvalue weighted by Crippen LogP contribution is 2.29. The molecular weight excluding hydrogens is 601 g/mol. The van der Waals surface area contributed by atoms with Crippen LogP contribution < -0.4 is 10.6 Å². The first-order valence-corrected chi connectivity index (χ1v) is 13.4. The van der Waals surface area contributed by atoms with Gasteiger partial charge in [-0.25, -0.2) is 4.79 Å². The lowest BCUT2D eigenvalue weighted by atomic mass is 9.89. The van der Waals surface area contributed by atoms with Gasteiger partial charge in [-0.05, 0) is 18.1 Å². The van der Waals surface area contributed by atoms with E-state index in [2.05, 4.69) is 15.8 Å². The number of ketones is 1. The molecule has 0 aliphatic carbocycles. The topological polar surface area (TPSA) is 207 Å². The van der Waals surface area contributed by atoms with E-state index in [4.69, 9.17) is 42.6 Å². The minimum Gasteiger partial charge on any atom is -0.481 e. The summed E-state index contributed by atoms with van der Waals surface area (Å²) >= 11 is 12.0. The van der Waals surface area contributed by atoms with Crippen LogP contribution in [0.1, 0.15) is 49.9 Å². The van der Waals surface area contributed by atoms with Crippen LogP contribution in [0.3, 0.4) is 0 Å². The lowest BCUT2D eigenvalue weighted by Crippen LogP contribution is -2.56. The summed E-state index contributed by atoms with van der Waals surface area (Å²) in [7, 11) is 1.28. The van der Waals surface area contributed by atoms with E-state index >= 15 is 0 Å². The molecule has 0 bridgehead atoms. The van der Waals surface area contributed by atoms with E-state index < -0.39 is 66.2 Å². The second kappa shape index (κ2) is 15.5. The number of Topliss-reactive ketones (excluding diaryl/α,β-unsaturated/α-hetero) is 1. The normalized spacial score (nSPS) is 17.4. The zero-order valence-corrected chi connectivity index (χ0v) is 24.5. The van der Waals surface area contributed by atoms with Crippen molar-refractivity contribution in [2.75, 3.05) is 20.3 Å². The van der Waals surface area contributed by atoms with Crippen molar-refractivity contribution in [2.45, 2.75) is 57.2 Å². The number of carboxylic acids is 2. The van der Waals surface area contributed by atoms with Crippen molar-refractivity contribution in [3.63, 3.8) is 0 Å². The van der Waals surface area contributed by atoms with Gasteiger partial charge in [-0.3, -0.25) is 24.0 Å². The van der Waals surface area contributed by atoms with Gasteiger partial charge in [-0.15, -0.1) is 0 Å². The van der Waals surface area contributed by atoms with E-state index in [9.17, 15) is 33.9 Å². The van der Waals surface area contributed by atoms with E-state index in [0.717, 1.165) is 0 Å². The molecule has 0 saturated carbocycles. The molecule has 3 atom stereocenters. The predicted molar refractivity (Wildman–Crippen MR) is 147 cm³/mol. The summed E-state index contributed by atoms with van der Waals surface area (Å²) in [4.78, 5) is 78.8. The second-order valence-electron chi connectivity index (χ2n) is 9.72. The maximum Gasteiger partial charge on any atom is 0.341 e. The van der Waals surface area contributed by atoms with Crippen LogP contribution in [0.5, 0.6) is 0 Å². The summed E-state index contributed by atoms with van der Waals surface area (Å²) in [5, 5.41) is 27.1. The number of halogens is 2. The number of methoxy groups -OCH3 is 1. The number of hydrogen-bond acceptors (Lipinski definition) is 10. The first-order valence-electron chi connectivity index (χ1n) is 12.6. The van der Waals surface area contributed by atoms with E-state index in [1.165, 1.54) is 25.3 Å². The van der Waals surface area contributed by atoms with Crippen LogP contribution in [0, 0.1) is 5.92 Å². The van der Waals surface area contributed by atoms with Crippen LogP contribution in [-0.2, 0) is 38.3 Å². The quantitative estimate of drug-likeness (QED) is 0.193. The molecule has 2 rings (SSSR count). The number of carbonyl (C=O) groups is 6. The van der Waals surface area contributed by atoms with Gasteiger partial charge < -0.3 is 35.2 Å². The van der Waals surface area contributed by atoms with Crippen LogP contribution in [-0.4, -0.2) is 89.4 Å². The molecule has 0 saturated heterocycles. The Morgan fingerprint density at radius 3 is 2.24 bits per heavy atom. The summed E-state index contributed by atoms with van der Waals surface area (Å²) in [5.41, 5.74) is -1.78. The van der Waals surface area contributed by atoms with Gasteiger partial charge in [0.25, 0.3) is 5.91 Å². The molecule has 14 nitrogen and oxygen atoms in total. The number of rotatable bonds is 16. The molecular formula is C26H31Cl2N3O11. The fraction of sp³-hybridized carbons (Fsp3) is 0.500. The maximum absolute atomic E-state index is 13.4. The van der Waals surface area contributed by atoms with Crippen molar-refractivity contribution in [1.29, 1.82) is 0 Å². The Morgan fingerprint density at radius 1 is 1.05 bits per heavy atom. The fourth-order valence-corrected chi connectivity index (χ4v) is 4.53. The lowest BCUT2D eigenvalue weighted by molar-refractivity contribution is -0.153. The smallest absolute Gasteiger partial charge is 0.341 e. The zero-order valence-electron chi connectivity index (χ0n) is 23.0. The van der Waals surface area contributed by atoms with Crippen LogP contribution >= 0.6 is 23.2 Å². The largest absolute Gasteiger partial charge is 0.481 e. The molecule has 0 fully saturated rings. The number of nitrogens with one attached hydrogen (secondary N) is 2. The summed E-state index contributed by atoms with van der Waals surface area (Å²) < 4.78 is 10.1. The Labute approximate surface area is 250 Å². The van der Waals surface area contributed by atoms with Gasteiger partial charge in [0.2, 0.25) is 11.5 Å². The number of hydrogen-bond donors (Lipinski definition) is 4. The minimum atomic E-state index is -1.83. The van der Waals surface area contributed by atoms with Crippen molar-refractivity contribution in [2.24, 2.45) is 11.1 Å². The molecule has 1 unspecified atom stereocenters. The lowest BCUT2D eigenvalue weighted by Gasteiger charge is -2.28. The second-order valence-corrected chi connectivity index (χ2v) is 10.5. The monoisotopic (exact) mass is 631 g/mol. The number of nitrogens with zero attached hydrogens (tertiary/aromatic N) is 1. The highest BCUT2D eigenvalue weighted by molar-refractivity contribution is 6.39. The Morgan fingerprint density at radius 2 is 1.69 bits per heavy atom. The molecule has 1 aliphatic heterocycles. The summed E-state index contributed by atoms with van der Waals surface area (Å²) in [6, 6.07) is 1.90. The molecule has 4 N–H and O–H groups in total. The van der Waals surface area contributed by atoms with Crippen molar-refractivity contribution < 1.29 is 53.3 Å². The van der Waals surface area contributed by atoms with Gasteiger partial charge in [-0.2, -0.15) is 0 Å². The van der Waals surface area contributed by atoms with Crippen LogP contribution in [0.15, 0.2) is 23.4 Å². The maximum atomic E-state index is 13.4. The van der Waals surface area contributed by atoms with Crippen molar-refractivity contribution in [1.82, 2.24) is 10.6 Å². The third-order valence-electron chi connectivity index (χ3n) is 6.09. The minimum absolute atomic E-state index is 0.0243. The third kappa shape index (κ3) is 9.39. The fourth-order valence-electron chi connectivity index (χ4n) is 3.98. The van der Waals surface area contributed by atoms with E-state index in [-0.39, 0.29) is 53.1 Å². The van der Waals surface area contributed by atoms with E-state index in [1.807, 2.05) is 0 Å². The number of ether oxygens (including phenoxy) is 2. The van der Waals surface area contributed by atoms with Gasteiger partial charge in [0.15, 0.2) is 12.4 Å². The van der Waals surface area contributed by atoms with E-state index in [0.29, 0.717) is 0 Å².